The molecule has 0 radical (unpaired) electrons. The minimum Gasteiger partial charge on any atom is -0.380 e. The first-order chi connectivity index (χ1) is 16.1. The molecule has 1 saturated heterocycles. The number of nitrogens with one attached hydrogen (secondary N) is 2. The lowest BCUT2D eigenvalue weighted by atomic mass is 10.0. The number of hydrogen-bond acceptors (Lipinski definition) is 6. The molecule has 0 spiro atoms. The van der Waals surface area contributed by atoms with Crippen LogP contribution in [0.5, 0.6) is 0 Å². The van der Waals surface area contributed by atoms with E-state index in [1.807, 2.05) is 6.07 Å². The van der Waals surface area contributed by atoms with E-state index in [1.54, 1.807) is 18.6 Å². The Labute approximate surface area is 189 Å². The van der Waals surface area contributed by atoms with E-state index in [-0.39, 0.29) is 11.7 Å². The molecule has 0 aliphatic carbocycles. The Kier molecular flexibility index (Phi) is 4.57. The van der Waals surface area contributed by atoms with Crippen LogP contribution >= 0.6 is 0 Å². The molecule has 0 unspecified atom stereocenters. The zero-order valence-electron chi connectivity index (χ0n) is 18.2. The van der Waals surface area contributed by atoms with Crippen molar-refractivity contribution in [1.82, 2.24) is 24.5 Å². The zero-order chi connectivity index (χ0) is 22.4. The minimum absolute atomic E-state index is 0.249. The van der Waals surface area contributed by atoms with Crippen LogP contribution in [0.15, 0.2) is 72.0 Å². The first-order valence-corrected chi connectivity index (χ1v) is 11.0. The van der Waals surface area contributed by atoms with Gasteiger partial charge in [-0.05, 0) is 47.7 Å². The number of benzene rings is 2. The van der Waals surface area contributed by atoms with E-state index < -0.39 is 0 Å². The maximum Gasteiger partial charge on any atom is 0.346 e. The van der Waals surface area contributed by atoms with Crippen LogP contribution in [-0.2, 0) is 7.05 Å². The fourth-order valence-electron chi connectivity index (χ4n) is 4.68. The van der Waals surface area contributed by atoms with Crippen LogP contribution < -0.4 is 15.9 Å². The molecule has 164 valence electrons. The number of aromatic nitrogens is 5. The number of rotatable bonds is 4. The van der Waals surface area contributed by atoms with E-state index in [9.17, 15) is 4.79 Å². The van der Waals surface area contributed by atoms with Gasteiger partial charge in [-0.2, -0.15) is 0 Å². The summed E-state index contributed by atoms with van der Waals surface area (Å²) in [4.78, 5) is 29.5. The molecule has 0 amide bonds. The number of anilines is 2. The lowest BCUT2D eigenvalue weighted by Crippen LogP contribution is -2.28. The average molecular weight is 438 g/mol. The van der Waals surface area contributed by atoms with Crippen molar-refractivity contribution in [3.8, 4) is 11.1 Å². The van der Waals surface area contributed by atoms with Gasteiger partial charge in [-0.15, -0.1) is 0 Å². The van der Waals surface area contributed by atoms with Gasteiger partial charge in [-0.3, -0.25) is 15.0 Å². The molecule has 8 heteroatoms. The Hall–Kier alpha value is -4.20. The largest absolute Gasteiger partial charge is 0.380 e. The Morgan fingerprint density at radius 3 is 2.85 bits per heavy atom. The maximum atomic E-state index is 11.6. The van der Waals surface area contributed by atoms with Gasteiger partial charge in [0.25, 0.3) is 0 Å². The minimum atomic E-state index is -0.322. The molecule has 8 nitrogen and oxygen atoms in total. The van der Waals surface area contributed by atoms with Gasteiger partial charge in [0.2, 0.25) is 0 Å². The van der Waals surface area contributed by atoms with Crippen molar-refractivity contribution in [2.45, 2.75) is 12.5 Å². The molecule has 0 bridgehead atoms. The number of aromatic amines is 1. The van der Waals surface area contributed by atoms with Crippen molar-refractivity contribution in [3.05, 3.63) is 77.7 Å². The molecule has 1 atom stereocenters. The Bertz CT molecular complexity index is 1540. The highest BCUT2D eigenvalue weighted by atomic mass is 16.1. The van der Waals surface area contributed by atoms with Crippen LogP contribution in [0.25, 0.3) is 33.1 Å². The first kappa shape index (κ1) is 19.5. The SMILES string of the molecule is Cn1ccc2ccc(-c3cc(N[C@H]4CCN(c5ccnc(=O)[nH]5)C4)cc4nccnc34)cc21. The Balaban J connectivity index is 1.34. The summed E-state index contributed by atoms with van der Waals surface area (Å²) in [7, 11) is 2.06. The van der Waals surface area contributed by atoms with E-state index >= 15 is 0 Å². The Morgan fingerprint density at radius 2 is 1.94 bits per heavy atom. The van der Waals surface area contributed by atoms with Crippen molar-refractivity contribution in [1.29, 1.82) is 0 Å². The normalized spacial score (nSPS) is 16.0. The van der Waals surface area contributed by atoms with Crippen molar-refractivity contribution in [3.63, 3.8) is 0 Å². The number of aryl methyl sites for hydroxylation is 1. The fraction of sp³-hybridized carbons (Fsp3) is 0.200. The van der Waals surface area contributed by atoms with Crippen molar-refractivity contribution in [2.24, 2.45) is 7.05 Å². The molecule has 3 aromatic heterocycles. The standard InChI is InChI=1S/C25H23N7O/c1-31-10-5-16-2-3-17(12-22(16)31)20-13-19(14-21-24(20)27-9-8-26-21)29-18-6-11-32(15-18)23-4-7-28-25(33)30-23/h2-5,7-10,12-14,18,29H,6,11,15H2,1H3,(H,28,30,33)/t18-/m0/s1. The molecule has 1 aliphatic rings. The third-order valence-electron chi connectivity index (χ3n) is 6.33. The van der Waals surface area contributed by atoms with E-state index in [2.05, 4.69) is 84.4 Å². The smallest absolute Gasteiger partial charge is 0.346 e. The van der Waals surface area contributed by atoms with Crippen LogP contribution in [0.1, 0.15) is 6.42 Å². The average Bonchev–Trinajstić information content (AvgIpc) is 3.45. The molecule has 5 aromatic rings. The quantitative estimate of drug-likeness (QED) is 0.447. The van der Waals surface area contributed by atoms with Gasteiger partial charge >= 0.3 is 5.69 Å². The lowest BCUT2D eigenvalue weighted by molar-refractivity contribution is 0.805. The second-order valence-corrected chi connectivity index (χ2v) is 8.48. The van der Waals surface area contributed by atoms with Gasteiger partial charge in [0.15, 0.2) is 0 Å². The summed E-state index contributed by atoms with van der Waals surface area (Å²) >= 11 is 0. The fourth-order valence-corrected chi connectivity index (χ4v) is 4.68. The molecule has 1 aliphatic heterocycles. The lowest BCUT2D eigenvalue weighted by Gasteiger charge is -2.19. The van der Waals surface area contributed by atoms with Crippen LogP contribution in [0.4, 0.5) is 11.5 Å². The molecule has 33 heavy (non-hydrogen) atoms. The molecule has 0 saturated carbocycles. The summed E-state index contributed by atoms with van der Waals surface area (Å²) in [6, 6.07) is 14.9. The predicted molar refractivity (Wildman–Crippen MR) is 131 cm³/mol. The highest BCUT2D eigenvalue weighted by Crippen LogP contribution is 2.33. The third kappa shape index (κ3) is 3.59. The number of fused-ring (bicyclic) bond motifs is 2. The first-order valence-electron chi connectivity index (χ1n) is 11.0. The molecule has 2 N–H and O–H groups in total. The van der Waals surface area contributed by atoms with Gasteiger partial charge in [-0.25, -0.2) is 9.78 Å². The second-order valence-electron chi connectivity index (χ2n) is 8.48. The van der Waals surface area contributed by atoms with E-state index in [0.29, 0.717) is 0 Å². The number of H-pyrrole nitrogens is 1. The summed E-state index contributed by atoms with van der Waals surface area (Å²) in [5, 5.41) is 4.89. The van der Waals surface area contributed by atoms with Crippen molar-refractivity contribution >= 4 is 33.4 Å². The number of hydrogen-bond donors (Lipinski definition) is 2. The maximum absolute atomic E-state index is 11.6. The van der Waals surface area contributed by atoms with Crippen LogP contribution in [0, 0.1) is 0 Å². The Morgan fingerprint density at radius 1 is 1.03 bits per heavy atom. The summed E-state index contributed by atoms with van der Waals surface area (Å²) < 4.78 is 2.13. The monoisotopic (exact) mass is 437 g/mol. The molecular formula is C25H23N7O. The molecule has 1 fully saturated rings. The highest BCUT2D eigenvalue weighted by Gasteiger charge is 2.23. The van der Waals surface area contributed by atoms with Crippen LogP contribution in [0.3, 0.4) is 0 Å². The van der Waals surface area contributed by atoms with E-state index in [1.165, 1.54) is 10.9 Å². The second kappa shape index (κ2) is 7.74. The number of nitrogens with zero attached hydrogens (tertiary/aromatic N) is 5. The van der Waals surface area contributed by atoms with Crippen LogP contribution in [0.2, 0.25) is 0 Å². The third-order valence-corrected chi connectivity index (χ3v) is 6.33. The molecule has 4 heterocycles. The zero-order valence-corrected chi connectivity index (χ0v) is 18.2. The summed E-state index contributed by atoms with van der Waals surface area (Å²) in [6.45, 7) is 1.66. The summed E-state index contributed by atoms with van der Waals surface area (Å²) in [5.41, 5.74) is 5.79. The van der Waals surface area contributed by atoms with Gasteiger partial charge in [0.1, 0.15) is 5.82 Å². The highest BCUT2D eigenvalue weighted by molar-refractivity contribution is 5.97. The summed E-state index contributed by atoms with van der Waals surface area (Å²) in [5.74, 6) is 0.806. The summed E-state index contributed by atoms with van der Waals surface area (Å²) in [6.07, 6.45) is 8.06. The molecule has 2 aromatic carbocycles. The van der Waals surface area contributed by atoms with Gasteiger partial charge in [0, 0.05) is 67.7 Å². The van der Waals surface area contributed by atoms with Crippen molar-refractivity contribution < 1.29 is 0 Å². The van der Waals surface area contributed by atoms with Gasteiger partial charge in [-0.1, -0.05) is 12.1 Å². The van der Waals surface area contributed by atoms with E-state index in [0.717, 1.165) is 53.2 Å². The van der Waals surface area contributed by atoms with E-state index in [4.69, 9.17) is 0 Å². The predicted octanol–water partition coefficient (Wildman–Crippen LogP) is 3.56. The molecule has 6 rings (SSSR count). The topological polar surface area (TPSA) is 91.7 Å². The van der Waals surface area contributed by atoms with Gasteiger partial charge in [0.05, 0.1) is 11.0 Å². The molecular weight excluding hydrogens is 414 g/mol. The van der Waals surface area contributed by atoms with Gasteiger partial charge < -0.3 is 14.8 Å². The van der Waals surface area contributed by atoms with Crippen LogP contribution in [-0.4, -0.2) is 43.6 Å². The van der Waals surface area contributed by atoms with Crippen molar-refractivity contribution in [2.75, 3.05) is 23.3 Å².